The number of hydrogen-bond donors (Lipinski definition) is 0. The van der Waals surface area contributed by atoms with E-state index in [2.05, 4.69) is 4.98 Å². The molecule has 0 bridgehead atoms. The highest BCUT2D eigenvalue weighted by Gasteiger charge is 2.12. The summed E-state index contributed by atoms with van der Waals surface area (Å²) in [6, 6.07) is 8.49. The summed E-state index contributed by atoms with van der Waals surface area (Å²) in [5.74, 6) is 1.06. The predicted octanol–water partition coefficient (Wildman–Crippen LogP) is 4.24. The number of rotatable bonds is 8. The Morgan fingerprint density at radius 1 is 1.29 bits per heavy atom. The first kappa shape index (κ1) is 20.2. The van der Waals surface area contributed by atoms with E-state index in [1.54, 1.807) is 35.6 Å². The lowest BCUT2D eigenvalue weighted by Crippen LogP contribution is -2.16. The van der Waals surface area contributed by atoms with Gasteiger partial charge in [0.2, 0.25) is 11.2 Å². The van der Waals surface area contributed by atoms with Gasteiger partial charge in [-0.3, -0.25) is 9.59 Å². The fraction of sp³-hybridized carbons (Fsp3) is 0.250. The number of ether oxygens (including phenoxy) is 2. The lowest BCUT2D eigenvalue weighted by molar-refractivity contribution is -0.133. The molecule has 0 radical (unpaired) electrons. The first-order valence-electron chi connectivity index (χ1n) is 8.62. The zero-order chi connectivity index (χ0) is 19.9. The molecule has 3 aromatic rings. The Balaban J connectivity index is 1.56. The number of esters is 1. The van der Waals surface area contributed by atoms with E-state index in [0.717, 1.165) is 21.3 Å². The zero-order valence-corrected chi connectivity index (χ0v) is 17.1. The van der Waals surface area contributed by atoms with Crippen molar-refractivity contribution in [2.45, 2.75) is 30.4 Å². The van der Waals surface area contributed by atoms with Crippen molar-refractivity contribution in [3.05, 3.63) is 69.2 Å². The number of benzene rings is 1. The zero-order valence-electron chi connectivity index (χ0n) is 15.5. The average Bonchev–Trinajstić information content (AvgIpc) is 3.09. The van der Waals surface area contributed by atoms with Crippen LogP contribution in [-0.2, 0) is 17.0 Å². The van der Waals surface area contributed by atoms with E-state index in [4.69, 9.17) is 13.9 Å². The summed E-state index contributed by atoms with van der Waals surface area (Å²) in [5.41, 5.74) is 1.34. The van der Waals surface area contributed by atoms with Gasteiger partial charge in [0.05, 0.1) is 18.8 Å². The second-order valence-corrected chi connectivity index (χ2v) is 7.93. The van der Waals surface area contributed by atoms with Gasteiger partial charge in [-0.2, -0.15) is 0 Å². The van der Waals surface area contributed by atoms with Gasteiger partial charge >= 0.3 is 5.97 Å². The number of aromatic nitrogens is 1. The molecule has 0 aliphatic rings. The van der Waals surface area contributed by atoms with Gasteiger partial charge in [-0.1, -0.05) is 23.9 Å². The summed E-state index contributed by atoms with van der Waals surface area (Å²) in [5, 5.41) is 1.96. The number of nitrogens with zero attached hydrogens (tertiary/aromatic N) is 1. The Kier molecular flexibility index (Phi) is 6.89. The van der Waals surface area contributed by atoms with Crippen molar-refractivity contribution in [2.24, 2.45) is 0 Å². The van der Waals surface area contributed by atoms with Crippen LogP contribution in [0.2, 0.25) is 0 Å². The van der Waals surface area contributed by atoms with Gasteiger partial charge in [-0.15, -0.1) is 11.3 Å². The summed E-state index contributed by atoms with van der Waals surface area (Å²) >= 11 is 3.03. The smallest absolute Gasteiger partial charge is 0.315 e. The Morgan fingerprint density at radius 2 is 2.07 bits per heavy atom. The quantitative estimate of drug-likeness (QED) is 0.400. The molecule has 8 heteroatoms. The molecule has 0 saturated carbocycles. The molecule has 0 fully saturated rings. The Labute approximate surface area is 170 Å². The summed E-state index contributed by atoms with van der Waals surface area (Å²) < 4.78 is 16.8. The van der Waals surface area contributed by atoms with Crippen molar-refractivity contribution in [2.75, 3.05) is 6.61 Å². The van der Waals surface area contributed by atoms with Crippen molar-refractivity contribution in [3.8, 4) is 11.5 Å². The lowest BCUT2D eigenvalue weighted by Gasteiger charge is -2.06. The van der Waals surface area contributed by atoms with E-state index in [1.807, 2.05) is 19.2 Å². The maximum atomic E-state index is 12.2. The molecule has 146 valence electrons. The van der Waals surface area contributed by atoms with Crippen LogP contribution in [0.5, 0.6) is 11.5 Å². The largest absolute Gasteiger partial charge is 0.494 e. The van der Waals surface area contributed by atoms with Gasteiger partial charge in [0.1, 0.15) is 17.8 Å². The lowest BCUT2D eigenvalue weighted by atomic mass is 10.1. The Hall–Kier alpha value is -2.58. The average molecular weight is 418 g/mol. The Morgan fingerprint density at radius 3 is 2.71 bits per heavy atom. The molecule has 0 aliphatic heterocycles. The molecular weight excluding hydrogens is 398 g/mol. The molecule has 0 spiro atoms. The molecule has 2 aromatic heterocycles. The van der Waals surface area contributed by atoms with E-state index < -0.39 is 11.4 Å². The number of carbonyl (C=O) groups excluding carboxylic acids is 1. The normalized spacial score (nSPS) is 10.6. The number of hydrogen-bond acceptors (Lipinski definition) is 8. The fourth-order valence-electron chi connectivity index (χ4n) is 2.32. The van der Waals surface area contributed by atoms with Crippen LogP contribution in [0, 0.1) is 6.92 Å². The van der Waals surface area contributed by atoms with Crippen molar-refractivity contribution in [3.63, 3.8) is 0 Å². The van der Waals surface area contributed by atoms with Crippen molar-refractivity contribution < 1.29 is 18.7 Å². The van der Waals surface area contributed by atoms with Gasteiger partial charge in [0, 0.05) is 17.1 Å². The first-order chi connectivity index (χ1) is 13.5. The maximum Gasteiger partial charge on any atom is 0.315 e. The summed E-state index contributed by atoms with van der Waals surface area (Å²) in [6.45, 7) is 4.41. The minimum atomic E-state index is -0.531. The molecule has 28 heavy (non-hydrogen) atoms. The number of thiazole rings is 1. The highest BCUT2D eigenvalue weighted by Crippen LogP contribution is 2.26. The molecule has 0 atom stereocenters. The summed E-state index contributed by atoms with van der Waals surface area (Å²) in [4.78, 5) is 28.6. The van der Waals surface area contributed by atoms with E-state index in [9.17, 15) is 9.59 Å². The van der Waals surface area contributed by atoms with Crippen molar-refractivity contribution in [1.29, 1.82) is 0 Å². The van der Waals surface area contributed by atoms with Gasteiger partial charge in [0.15, 0.2) is 4.34 Å². The standard InChI is InChI=1S/C20H19NO5S2/c1-3-24-15-6-4-14(5-7-15)8-19(23)26-18-10-25-16(9-17(18)22)12-28-20-21-13(2)11-27-20/h4-7,9-11H,3,8,12H2,1-2H3. The van der Waals surface area contributed by atoms with Crippen LogP contribution in [0.1, 0.15) is 23.9 Å². The third-order valence-corrected chi connectivity index (χ3v) is 5.76. The van der Waals surface area contributed by atoms with Crippen molar-refractivity contribution in [1.82, 2.24) is 4.98 Å². The van der Waals surface area contributed by atoms with Crippen LogP contribution in [0.3, 0.4) is 0 Å². The van der Waals surface area contributed by atoms with Crippen LogP contribution in [-0.4, -0.2) is 17.6 Å². The third kappa shape index (κ3) is 5.71. The second-order valence-electron chi connectivity index (χ2n) is 5.85. The van der Waals surface area contributed by atoms with Gasteiger partial charge in [0.25, 0.3) is 0 Å². The second kappa shape index (κ2) is 9.57. The van der Waals surface area contributed by atoms with E-state index in [1.165, 1.54) is 24.1 Å². The van der Waals surface area contributed by atoms with Crippen LogP contribution in [0.4, 0.5) is 0 Å². The molecule has 2 heterocycles. The van der Waals surface area contributed by atoms with Gasteiger partial charge in [-0.25, -0.2) is 4.98 Å². The highest BCUT2D eigenvalue weighted by atomic mass is 32.2. The van der Waals surface area contributed by atoms with Gasteiger partial charge < -0.3 is 13.9 Å². The first-order valence-corrected chi connectivity index (χ1v) is 10.5. The maximum absolute atomic E-state index is 12.2. The molecule has 6 nitrogen and oxygen atoms in total. The fourth-order valence-corrected chi connectivity index (χ4v) is 4.06. The third-order valence-electron chi connectivity index (χ3n) is 3.59. The van der Waals surface area contributed by atoms with Crippen molar-refractivity contribution >= 4 is 29.1 Å². The van der Waals surface area contributed by atoms with Crippen LogP contribution in [0.15, 0.2) is 55.5 Å². The molecule has 1 aromatic carbocycles. The number of carbonyl (C=O) groups is 1. The molecule has 0 amide bonds. The molecule has 0 N–H and O–H groups in total. The summed E-state index contributed by atoms with van der Waals surface area (Å²) in [6.07, 6.45) is 1.23. The topological polar surface area (TPSA) is 78.6 Å². The molecular formula is C20H19NO5S2. The van der Waals surface area contributed by atoms with E-state index >= 15 is 0 Å². The summed E-state index contributed by atoms with van der Waals surface area (Å²) in [7, 11) is 0. The van der Waals surface area contributed by atoms with E-state index in [-0.39, 0.29) is 12.2 Å². The molecule has 0 saturated heterocycles. The molecule has 3 rings (SSSR count). The SMILES string of the molecule is CCOc1ccc(CC(=O)Oc2coc(CSc3nc(C)cs3)cc2=O)cc1. The van der Waals surface area contributed by atoms with E-state index in [0.29, 0.717) is 18.1 Å². The predicted molar refractivity (Wildman–Crippen MR) is 108 cm³/mol. The molecule has 0 aliphatic carbocycles. The number of thioether (sulfide) groups is 1. The minimum Gasteiger partial charge on any atom is -0.494 e. The van der Waals surface area contributed by atoms with Crippen LogP contribution < -0.4 is 14.9 Å². The number of aryl methyl sites for hydroxylation is 1. The Bertz CT molecular complexity index is 994. The van der Waals surface area contributed by atoms with Gasteiger partial charge in [-0.05, 0) is 31.5 Å². The monoisotopic (exact) mass is 417 g/mol. The van der Waals surface area contributed by atoms with Crippen LogP contribution in [0.25, 0.3) is 0 Å². The minimum absolute atomic E-state index is 0.0485. The molecule has 0 unspecified atom stereocenters. The van der Waals surface area contributed by atoms with Crippen LogP contribution >= 0.6 is 23.1 Å². The highest BCUT2D eigenvalue weighted by molar-refractivity contribution is 8.00.